The van der Waals surface area contributed by atoms with E-state index in [1.54, 1.807) is 12.3 Å². The zero-order valence-corrected chi connectivity index (χ0v) is 20.8. The van der Waals surface area contributed by atoms with Crippen LogP contribution < -0.4 is 15.8 Å². The fraction of sp³-hybridized carbons (Fsp3) is 0.222. The van der Waals surface area contributed by atoms with Crippen molar-refractivity contribution in [2.75, 3.05) is 11.1 Å². The summed E-state index contributed by atoms with van der Waals surface area (Å²) < 4.78 is 7.78. The number of nitrogen functional groups attached to an aromatic ring is 1. The Balaban J connectivity index is 0.00000336. The van der Waals surface area contributed by atoms with Crippen LogP contribution in [0.25, 0.3) is 16.4 Å². The summed E-state index contributed by atoms with van der Waals surface area (Å²) in [5.74, 6) is -0.615. The second-order valence-electron chi connectivity index (χ2n) is 8.84. The van der Waals surface area contributed by atoms with Gasteiger partial charge in [-0.3, -0.25) is 0 Å². The highest BCUT2D eigenvalue weighted by molar-refractivity contribution is 5.94. The largest absolute Gasteiger partial charge is 0.475 e. The van der Waals surface area contributed by atoms with E-state index in [4.69, 9.17) is 10.5 Å². The number of carbonyl (C=O) groups is 1. The van der Waals surface area contributed by atoms with Gasteiger partial charge in [0.2, 0.25) is 11.7 Å². The number of hydrogen-bond donors (Lipinski definition) is 3. The van der Waals surface area contributed by atoms with Crippen molar-refractivity contribution in [3.8, 4) is 5.88 Å². The van der Waals surface area contributed by atoms with Crippen molar-refractivity contribution < 1.29 is 16.1 Å². The van der Waals surface area contributed by atoms with E-state index in [-0.39, 0.29) is 19.7 Å². The molecule has 0 unspecified atom stereocenters. The molecule has 10 nitrogen and oxygen atoms in total. The molecule has 4 N–H and O–H groups in total. The lowest BCUT2D eigenvalue weighted by molar-refractivity contribution is 0.0682. The number of aryl methyl sites for hydroxylation is 3. The molecule has 0 aliphatic rings. The molecule has 4 aromatic heterocycles. The molecule has 0 spiro atoms. The lowest BCUT2D eigenvalue weighted by Gasteiger charge is -2.15. The van der Waals surface area contributed by atoms with Crippen LogP contribution in [-0.2, 0) is 19.6 Å². The van der Waals surface area contributed by atoms with Crippen molar-refractivity contribution in [3.05, 3.63) is 82.7 Å². The van der Waals surface area contributed by atoms with Gasteiger partial charge in [-0.25, -0.2) is 19.7 Å². The molecule has 0 saturated heterocycles. The molecule has 190 valence electrons. The zero-order chi connectivity index (χ0) is 26.1. The van der Waals surface area contributed by atoms with Gasteiger partial charge in [-0.15, -0.1) is 0 Å². The standard InChI is InChI=1S/C27H27N7O3.H2/c1-4-17-5-6-23-31-18(13-34(23)12-17)14-37-24-10-22(32-26(33-24)27(35)36)30-11-21-15(2)9-20-19(16(21)3)7-8-29-25(20)28;/h5-10,12-13H,4,11,14H2,1-3H3,(H2,28,29)(H,35,36)(H,30,32,33);1H. The summed E-state index contributed by atoms with van der Waals surface area (Å²) >= 11 is 0. The molecule has 0 fully saturated rings. The summed E-state index contributed by atoms with van der Waals surface area (Å²) in [6.07, 6.45) is 6.54. The summed E-state index contributed by atoms with van der Waals surface area (Å²) in [4.78, 5) is 28.6. The van der Waals surface area contributed by atoms with Crippen molar-refractivity contribution in [2.45, 2.75) is 40.3 Å². The summed E-state index contributed by atoms with van der Waals surface area (Å²) in [6.45, 7) is 6.69. The number of pyridine rings is 2. The summed E-state index contributed by atoms with van der Waals surface area (Å²) in [7, 11) is 0. The Kier molecular flexibility index (Phi) is 6.31. The number of anilines is 2. The first-order valence-electron chi connectivity index (χ1n) is 11.9. The van der Waals surface area contributed by atoms with Gasteiger partial charge in [0.1, 0.15) is 23.9 Å². The molecule has 37 heavy (non-hydrogen) atoms. The topological polar surface area (TPSA) is 141 Å². The first-order valence-corrected chi connectivity index (χ1v) is 11.9. The fourth-order valence-corrected chi connectivity index (χ4v) is 4.38. The van der Waals surface area contributed by atoms with Crippen molar-refractivity contribution >= 4 is 34.0 Å². The van der Waals surface area contributed by atoms with Gasteiger partial charge in [0, 0.05) is 38.0 Å². The molecule has 10 heteroatoms. The fourth-order valence-electron chi connectivity index (χ4n) is 4.38. The first-order chi connectivity index (χ1) is 17.8. The van der Waals surface area contributed by atoms with E-state index >= 15 is 0 Å². The van der Waals surface area contributed by atoms with Crippen LogP contribution in [-0.4, -0.2) is 35.4 Å². The second kappa shape index (κ2) is 9.73. The highest BCUT2D eigenvalue weighted by Crippen LogP contribution is 2.28. The maximum atomic E-state index is 11.7. The number of fused-ring (bicyclic) bond motifs is 2. The monoisotopic (exact) mass is 499 g/mol. The Labute approximate surface area is 214 Å². The number of carboxylic acid groups (broad SMARTS) is 1. The molecular formula is C27H29N7O3. The Morgan fingerprint density at radius 2 is 1.97 bits per heavy atom. The number of nitrogens with zero attached hydrogens (tertiary/aromatic N) is 5. The summed E-state index contributed by atoms with van der Waals surface area (Å²) in [6, 6.07) is 9.53. The van der Waals surface area contributed by atoms with Crippen LogP contribution >= 0.6 is 0 Å². The third-order valence-corrected chi connectivity index (χ3v) is 6.39. The number of benzene rings is 1. The van der Waals surface area contributed by atoms with E-state index in [9.17, 15) is 9.90 Å². The van der Waals surface area contributed by atoms with Gasteiger partial charge in [0.05, 0.1) is 5.69 Å². The van der Waals surface area contributed by atoms with Crippen LogP contribution in [0.5, 0.6) is 5.88 Å². The molecular weight excluding hydrogens is 470 g/mol. The van der Waals surface area contributed by atoms with Crippen LogP contribution in [0.2, 0.25) is 0 Å². The predicted octanol–water partition coefficient (Wildman–Crippen LogP) is 4.57. The van der Waals surface area contributed by atoms with E-state index < -0.39 is 5.97 Å². The minimum atomic E-state index is -1.24. The van der Waals surface area contributed by atoms with Gasteiger partial charge in [-0.2, -0.15) is 4.98 Å². The van der Waals surface area contributed by atoms with Crippen LogP contribution in [0.4, 0.5) is 11.6 Å². The minimum Gasteiger partial charge on any atom is -0.475 e. The molecule has 5 rings (SSSR count). The number of nitrogens with two attached hydrogens (primary N) is 1. The summed E-state index contributed by atoms with van der Waals surface area (Å²) in [5.41, 5.74) is 11.9. The van der Waals surface area contributed by atoms with Gasteiger partial charge >= 0.3 is 5.97 Å². The number of ether oxygens (including phenoxy) is 1. The molecule has 0 bridgehead atoms. The van der Waals surface area contributed by atoms with Gasteiger partial charge in [-0.05, 0) is 66.1 Å². The second-order valence-corrected chi connectivity index (χ2v) is 8.84. The smallest absolute Gasteiger partial charge is 0.374 e. The molecule has 5 aromatic rings. The Bertz CT molecular complexity index is 1650. The average molecular weight is 500 g/mol. The van der Waals surface area contributed by atoms with Crippen molar-refractivity contribution in [1.82, 2.24) is 24.3 Å². The maximum absolute atomic E-state index is 11.7. The number of aromatic nitrogens is 5. The Hall–Kier alpha value is -4.73. The maximum Gasteiger partial charge on any atom is 0.374 e. The number of nitrogens with one attached hydrogen (secondary N) is 1. The summed E-state index contributed by atoms with van der Waals surface area (Å²) in [5, 5.41) is 14.7. The van der Waals surface area contributed by atoms with Gasteiger partial charge in [-0.1, -0.05) is 13.0 Å². The molecule has 4 heterocycles. The van der Waals surface area contributed by atoms with Crippen molar-refractivity contribution in [2.24, 2.45) is 0 Å². The lowest BCUT2D eigenvalue weighted by atomic mass is 9.96. The van der Waals surface area contributed by atoms with Gasteiger partial charge in [0.25, 0.3) is 0 Å². The van der Waals surface area contributed by atoms with Crippen molar-refractivity contribution in [1.29, 1.82) is 0 Å². The zero-order valence-electron chi connectivity index (χ0n) is 20.8. The highest BCUT2D eigenvalue weighted by Gasteiger charge is 2.15. The van der Waals surface area contributed by atoms with E-state index in [1.807, 2.05) is 54.9 Å². The van der Waals surface area contributed by atoms with Crippen LogP contribution in [0.1, 0.15) is 46.9 Å². The van der Waals surface area contributed by atoms with Gasteiger partial charge in [0.15, 0.2) is 0 Å². The molecule has 0 aliphatic heterocycles. The molecule has 0 atom stereocenters. The van der Waals surface area contributed by atoms with E-state index in [0.29, 0.717) is 23.9 Å². The molecule has 0 saturated carbocycles. The molecule has 0 amide bonds. The van der Waals surface area contributed by atoms with Crippen LogP contribution in [0.3, 0.4) is 0 Å². The van der Waals surface area contributed by atoms with E-state index in [2.05, 4.69) is 32.2 Å². The molecule has 0 radical (unpaired) electrons. The lowest BCUT2D eigenvalue weighted by Crippen LogP contribution is -2.11. The third kappa shape index (κ3) is 4.86. The normalized spacial score (nSPS) is 11.2. The minimum absolute atomic E-state index is 0. The third-order valence-electron chi connectivity index (χ3n) is 6.39. The number of aromatic carboxylic acids is 1. The van der Waals surface area contributed by atoms with Crippen LogP contribution in [0.15, 0.2) is 48.9 Å². The Morgan fingerprint density at radius 1 is 1.14 bits per heavy atom. The van der Waals surface area contributed by atoms with E-state index in [1.165, 1.54) is 5.56 Å². The van der Waals surface area contributed by atoms with E-state index in [0.717, 1.165) is 39.5 Å². The Morgan fingerprint density at radius 3 is 2.76 bits per heavy atom. The quantitative estimate of drug-likeness (QED) is 0.280. The SMILES string of the molecule is CCc1ccc2nc(COc3cc(NCc4c(C)cc5c(N)nccc5c4C)nc(C(=O)O)n3)cn2c1.[HH]. The molecule has 1 aromatic carbocycles. The number of hydrogen-bond acceptors (Lipinski definition) is 8. The van der Waals surface area contributed by atoms with Gasteiger partial charge < -0.3 is 25.3 Å². The predicted molar refractivity (Wildman–Crippen MR) is 143 cm³/mol. The number of carboxylic acids is 1. The highest BCUT2D eigenvalue weighted by atomic mass is 16.5. The van der Waals surface area contributed by atoms with Crippen LogP contribution in [0, 0.1) is 13.8 Å². The first kappa shape index (κ1) is 24.0. The average Bonchev–Trinajstić information content (AvgIpc) is 3.30. The number of rotatable bonds is 8. The molecule has 0 aliphatic carbocycles. The number of imidazole rings is 1. The van der Waals surface area contributed by atoms with Crippen molar-refractivity contribution in [3.63, 3.8) is 0 Å².